The monoisotopic (exact) mass is 364 g/mol. The van der Waals surface area contributed by atoms with Crippen molar-refractivity contribution in [3.05, 3.63) is 40.8 Å². The number of aryl methyl sites for hydroxylation is 1. The van der Waals surface area contributed by atoms with Crippen LogP contribution in [-0.4, -0.2) is 20.9 Å². The summed E-state index contributed by atoms with van der Waals surface area (Å²) in [5.74, 6) is 0.0346. The Kier molecular flexibility index (Phi) is 4.40. The van der Waals surface area contributed by atoms with Crippen LogP contribution in [0.3, 0.4) is 0 Å². The fourth-order valence-electron chi connectivity index (χ4n) is 2.77. The SMILES string of the molecule is Cc1ccc(S(=O)(=O)Nc2ccc3c(c2)CCN3C(=O)C(C)C)s1. The maximum Gasteiger partial charge on any atom is 0.271 e. The Balaban J connectivity index is 1.84. The first-order chi connectivity index (χ1) is 11.3. The summed E-state index contributed by atoms with van der Waals surface area (Å²) in [5.41, 5.74) is 2.40. The van der Waals surface area contributed by atoms with Gasteiger partial charge in [-0.2, -0.15) is 0 Å². The number of sulfonamides is 1. The van der Waals surface area contributed by atoms with Crippen LogP contribution >= 0.6 is 11.3 Å². The molecule has 0 saturated carbocycles. The Hall–Kier alpha value is -1.86. The molecule has 1 aromatic heterocycles. The Bertz CT molecular complexity index is 885. The minimum atomic E-state index is -3.57. The normalized spacial score (nSPS) is 14.1. The summed E-state index contributed by atoms with van der Waals surface area (Å²) < 4.78 is 27.7. The van der Waals surface area contributed by atoms with Crippen molar-refractivity contribution in [3.63, 3.8) is 0 Å². The van der Waals surface area contributed by atoms with Gasteiger partial charge < -0.3 is 4.90 Å². The molecule has 0 spiro atoms. The Labute approximate surface area is 146 Å². The highest BCUT2D eigenvalue weighted by atomic mass is 32.2. The molecule has 0 unspecified atom stereocenters. The van der Waals surface area contributed by atoms with Crippen molar-refractivity contribution < 1.29 is 13.2 Å². The van der Waals surface area contributed by atoms with Crippen molar-refractivity contribution in [1.82, 2.24) is 0 Å². The van der Waals surface area contributed by atoms with Gasteiger partial charge in [-0.25, -0.2) is 8.42 Å². The van der Waals surface area contributed by atoms with Crippen LogP contribution in [0.1, 0.15) is 24.3 Å². The number of thiophene rings is 1. The van der Waals surface area contributed by atoms with Gasteiger partial charge in [-0.05, 0) is 49.2 Å². The lowest BCUT2D eigenvalue weighted by molar-refractivity contribution is -0.121. The Morgan fingerprint density at radius 1 is 1.25 bits per heavy atom. The van der Waals surface area contributed by atoms with Gasteiger partial charge in [0.2, 0.25) is 5.91 Å². The Morgan fingerprint density at radius 2 is 2.00 bits per heavy atom. The molecule has 1 amide bonds. The smallest absolute Gasteiger partial charge is 0.271 e. The van der Waals surface area contributed by atoms with Gasteiger partial charge in [0, 0.05) is 28.7 Å². The molecule has 3 rings (SSSR count). The minimum Gasteiger partial charge on any atom is -0.312 e. The summed E-state index contributed by atoms with van der Waals surface area (Å²) in [6.07, 6.45) is 0.738. The predicted octanol–water partition coefficient (Wildman–Crippen LogP) is 3.40. The Morgan fingerprint density at radius 3 is 2.62 bits per heavy atom. The van der Waals surface area contributed by atoms with Gasteiger partial charge in [-0.3, -0.25) is 9.52 Å². The predicted molar refractivity (Wildman–Crippen MR) is 97.2 cm³/mol. The molecular weight excluding hydrogens is 344 g/mol. The van der Waals surface area contributed by atoms with Crippen molar-refractivity contribution in [2.24, 2.45) is 5.92 Å². The van der Waals surface area contributed by atoms with Crippen molar-refractivity contribution in [2.75, 3.05) is 16.2 Å². The standard InChI is InChI=1S/C17H20N2O3S2/c1-11(2)17(20)19-9-8-13-10-14(5-6-15(13)19)18-24(21,22)16-7-4-12(3)23-16/h4-7,10-11,18H,8-9H2,1-3H3. The van der Waals surface area contributed by atoms with Gasteiger partial charge >= 0.3 is 0 Å². The first kappa shape index (κ1) is 17.0. The van der Waals surface area contributed by atoms with Crippen LogP contribution in [0.25, 0.3) is 0 Å². The molecule has 0 aliphatic carbocycles. The lowest BCUT2D eigenvalue weighted by atomic mass is 10.1. The number of carbonyl (C=O) groups is 1. The van der Waals surface area contributed by atoms with E-state index in [4.69, 9.17) is 0 Å². The molecule has 0 fully saturated rings. The quantitative estimate of drug-likeness (QED) is 0.904. The van der Waals surface area contributed by atoms with E-state index in [9.17, 15) is 13.2 Å². The van der Waals surface area contributed by atoms with Gasteiger partial charge in [0.1, 0.15) is 4.21 Å². The second kappa shape index (κ2) is 6.22. The van der Waals surface area contributed by atoms with E-state index < -0.39 is 10.0 Å². The van der Waals surface area contributed by atoms with Gasteiger partial charge in [-0.15, -0.1) is 11.3 Å². The highest BCUT2D eigenvalue weighted by Gasteiger charge is 2.27. The van der Waals surface area contributed by atoms with Crippen molar-refractivity contribution in [3.8, 4) is 0 Å². The molecule has 0 atom stereocenters. The second-order valence-corrected chi connectivity index (χ2v) is 9.41. The summed E-state index contributed by atoms with van der Waals surface area (Å²) in [7, 11) is -3.57. The van der Waals surface area contributed by atoms with Gasteiger partial charge in [0.05, 0.1) is 0 Å². The summed E-state index contributed by atoms with van der Waals surface area (Å²) in [4.78, 5) is 15.0. The topological polar surface area (TPSA) is 66.5 Å². The molecule has 0 saturated heterocycles. The van der Waals surface area contributed by atoms with E-state index in [-0.39, 0.29) is 11.8 Å². The average molecular weight is 364 g/mol. The zero-order valence-electron chi connectivity index (χ0n) is 13.9. The van der Waals surface area contributed by atoms with Gasteiger partial charge in [0.15, 0.2) is 0 Å². The first-order valence-electron chi connectivity index (χ1n) is 7.81. The number of hydrogen-bond acceptors (Lipinski definition) is 4. The highest BCUT2D eigenvalue weighted by Crippen LogP contribution is 2.32. The van der Waals surface area contributed by atoms with Crippen LogP contribution in [-0.2, 0) is 21.2 Å². The average Bonchev–Trinajstić information content (AvgIpc) is 3.12. The van der Waals surface area contributed by atoms with Crippen LogP contribution in [0.2, 0.25) is 0 Å². The number of rotatable bonds is 4. The van der Waals surface area contributed by atoms with E-state index in [1.165, 1.54) is 11.3 Å². The number of carbonyl (C=O) groups excluding carboxylic acids is 1. The number of anilines is 2. The van der Waals surface area contributed by atoms with E-state index in [0.29, 0.717) is 16.4 Å². The van der Waals surface area contributed by atoms with E-state index in [0.717, 1.165) is 22.5 Å². The molecule has 24 heavy (non-hydrogen) atoms. The third kappa shape index (κ3) is 3.18. The molecule has 1 N–H and O–H groups in total. The third-order valence-electron chi connectivity index (χ3n) is 3.97. The molecule has 0 radical (unpaired) electrons. The van der Waals surface area contributed by atoms with E-state index in [2.05, 4.69) is 4.72 Å². The number of amides is 1. The molecule has 7 heteroatoms. The second-order valence-electron chi connectivity index (χ2n) is 6.21. The summed E-state index contributed by atoms with van der Waals surface area (Å²) in [5, 5.41) is 0. The molecule has 2 aromatic rings. The lowest BCUT2D eigenvalue weighted by Crippen LogP contribution is -2.32. The number of hydrogen-bond donors (Lipinski definition) is 1. The van der Waals surface area contributed by atoms with Crippen LogP contribution in [0.15, 0.2) is 34.5 Å². The lowest BCUT2D eigenvalue weighted by Gasteiger charge is -2.19. The molecule has 2 heterocycles. The van der Waals surface area contributed by atoms with Gasteiger partial charge in [-0.1, -0.05) is 13.8 Å². The first-order valence-corrected chi connectivity index (χ1v) is 10.1. The molecule has 0 bridgehead atoms. The third-order valence-corrected chi connectivity index (χ3v) is 6.84. The van der Waals surface area contributed by atoms with Crippen molar-refractivity contribution >= 4 is 38.6 Å². The fourth-order valence-corrected chi connectivity index (χ4v) is 5.10. The summed E-state index contributed by atoms with van der Waals surface area (Å²) in [6.45, 7) is 6.28. The molecule has 5 nitrogen and oxygen atoms in total. The number of nitrogens with zero attached hydrogens (tertiary/aromatic N) is 1. The minimum absolute atomic E-state index is 0.0591. The molecule has 1 aromatic carbocycles. The maximum absolute atomic E-state index is 12.4. The zero-order chi connectivity index (χ0) is 17.5. The van der Waals surface area contributed by atoms with Crippen LogP contribution in [0, 0.1) is 12.8 Å². The number of nitrogens with one attached hydrogen (secondary N) is 1. The molecule has 128 valence electrons. The van der Waals surface area contributed by atoms with Crippen molar-refractivity contribution in [1.29, 1.82) is 0 Å². The highest BCUT2D eigenvalue weighted by molar-refractivity contribution is 7.94. The molecular formula is C17H20N2O3S2. The maximum atomic E-state index is 12.4. The number of benzene rings is 1. The van der Waals surface area contributed by atoms with E-state index >= 15 is 0 Å². The van der Waals surface area contributed by atoms with Crippen molar-refractivity contribution in [2.45, 2.75) is 31.4 Å². The molecule has 1 aliphatic rings. The zero-order valence-corrected chi connectivity index (χ0v) is 15.5. The summed E-state index contributed by atoms with van der Waals surface area (Å²) in [6, 6.07) is 8.75. The fraction of sp³-hybridized carbons (Fsp3) is 0.353. The van der Waals surface area contributed by atoms with Crippen LogP contribution in [0.4, 0.5) is 11.4 Å². The molecule has 1 aliphatic heterocycles. The van der Waals surface area contributed by atoms with Crippen LogP contribution < -0.4 is 9.62 Å². The van der Waals surface area contributed by atoms with E-state index in [1.54, 1.807) is 23.1 Å². The van der Waals surface area contributed by atoms with Crippen LogP contribution in [0.5, 0.6) is 0 Å². The van der Waals surface area contributed by atoms with E-state index in [1.807, 2.05) is 32.9 Å². The largest absolute Gasteiger partial charge is 0.312 e. The summed E-state index contributed by atoms with van der Waals surface area (Å²) >= 11 is 1.24. The number of fused-ring (bicyclic) bond motifs is 1. The van der Waals surface area contributed by atoms with Gasteiger partial charge in [0.25, 0.3) is 10.0 Å².